The summed E-state index contributed by atoms with van der Waals surface area (Å²) in [4.78, 5) is 258. The third-order valence-corrected chi connectivity index (χ3v) is 19.4. The second-order valence-corrected chi connectivity index (χ2v) is 29.3. The number of fused-ring (bicyclic) bond motifs is 2. The van der Waals surface area contributed by atoms with Crippen molar-refractivity contribution in [1.29, 1.82) is 0 Å². The number of carbonyl (C=O) groups is 18. The number of hydrogen-bond acceptors (Lipinski definition) is 22. The summed E-state index contributed by atoms with van der Waals surface area (Å²) in [7, 11) is 13.0. The van der Waals surface area contributed by atoms with Gasteiger partial charge in [-0.2, -0.15) is 0 Å². The lowest BCUT2D eigenvalue weighted by molar-refractivity contribution is -0.147. The molecular weight excluding hydrogens is 1530 g/mol. The van der Waals surface area contributed by atoms with E-state index in [1.807, 2.05) is 13.8 Å². The number of aliphatic imine (C=N–C) groups is 1. The summed E-state index contributed by atoms with van der Waals surface area (Å²) in [5.41, 5.74) is 10.6. The number of aliphatic carboxylic acids is 1. The third kappa shape index (κ3) is 27.3. The molecule has 0 saturated carbocycles. The predicted molar refractivity (Wildman–Crippen MR) is 429 cm³/mol. The number of carboxylic acids is 1. The van der Waals surface area contributed by atoms with Gasteiger partial charge in [0.1, 0.15) is 30.2 Å². The summed E-state index contributed by atoms with van der Waals surface area (Å²) < 4.78 is 6.11. The number of nitrogens with one attached hydrogen (secondary N) is 3. The fraction of sp³-hybridized carbons (Fsp3) is 0.494. The lowest BCUT2D eigenvalue weighted by Gasteiger charge is -2.31. The minimum atomic E-state index is -1.24. The SMILES string of the molecule is CCCN(CCC)C(=O)C1=Cc2ccc(C(=O)Nc3cnc4c(c3)CN(C(=O)[C@@H](C)NC(=O)[C@H](C)NC(=O)CCc3ccc(N5C(=O)C=CC5=O)cc3OCCCC(=O)N(C)CC(=O)N(C)CC(=O)N(C)CC(=O)N(C)CC(=O)N(C)CC(=O)N(C)CC(=O)N(C)CC(=O)N(C)CC(=O)N(C)CC(=O)N(C)CC(=O)O)CC4)cc2N=C(N)C1. The number of anilines is 2. The zero-order chi connectivity index (χ0) is 87.7. The Balaban J connectivity index is 0.905. The van der Waals surface area contributed by atoms with Crippen LogP contribution in [0.3, 0.4) is 0 Å². The van der Waals surface area contributed by atoms with E-state index in [0.717, 1.165) is 84.6 Å². The minimum Gasteiger partial charge on any atom is -0.493 e. The summed E-state index contributed by atoms with van der Waals surface area (Å²) in [5.74, 6) is -10.6. The number of pyridine rings is 1. The molecular formula is C79H107N19O20. The minimum absolute atomic E-state index is 0.0396. The molecule has 3 aliphatic rings. The van der Waals surface area contributed by atoms with Crippen LogP contribution in [-0.2, 0) is 101 Å². The molecule has 2 aromatic carbocycles. The van der Waals surface area contributed by atoms with E-state index in [2.05, 4.69) is 25.9 Å². The van der Waals surface area contributed by atoms with Crippen LogP contribution in [0.4, 0.5) is 17.1 Å². The highest BCUT2D eigenvalue weighted by atomic mass is 16.5. The second kappa shape index (κ2) is 43.6. The van der Waals surface area contributed by atoms with Crippen molar-refractivity contribution in [2.75, 3.05) is 172 Å². The number of benzene rings is 2. The number of aromatic nitrogens is 1. The van der Waals surface area contributed by atoms with Crippen LogP contribution in [0, 0.1) is 0 Å². The van der Waals surface area contributed by atoms with E-state index in [9.17, 15) is 86.3 Å². The molecule has 39 heteroatoms. The van der Waals surface area contributed by atoms with E-state index >= 15 is 0 Å². The fourth-order valence-electron chi connectivity index (χ4n) is 12.2. The number of aryl methyl sites for hydroxylation is 1. The number of ether oxygens (including phenoxy) is 1. The molecule has 638 valence electrons. The third-order valence-electron chi connectivity index (χ3n) is 19.4. The molecule has 3 aromatic rings. The van der Waals surface area contributed by atoms with Crippen molar-refractivity contribution >= 4 is 135 Å². The van der Waals surface area contributed by atoms with Gasteiger partial charge in [-0.25, -0.2) is 9.89 Å². The topological polar surface area (TPSA) is 466 Å². The first-order valence-electron chi connectivity index (χ1n) is 38.2. The zero-order valence-electron chi connectivity index (χ0n) is 69.3. The summed E-state index contributed by atoms with van der Waals surface area (Å²) in [6.07, 6.45) is 7.50. The maximum Gasteiger partial charge on any atom is 0.323 e. The van der Waals surface area contributed by atoms with Crippen molar-refractivity contribution in [3.05, 3.63) is 94.3 Å². The standard InChI is InChI=1S/C79H107N19O20/c1-15-28-96(29-16-2)79(117)54-32-52-19-20-53(34-59(52)85-61(80)35-54)77(115)84-56-33-55-38-97(30-27-58(55)81-37-56)78(116)50(4)83-76(114)49(3)82-62(99)24-22-51-21-23-57(98-64(101)25-26-65(98)102)36-60(51)118-31-17-18-63(100)86(5)39-66(103)87(6)40-67(104)88(7)41-68(105)89(8)42-69(106)90(9)43-70(107)91(10)44-71(108)92(11)45-72(109)93(12)46-73(110)94(13)47-74(111)95(14)48-75(112)113/h19-21,23,25-26,32-34,36-37,49-50H,15-18,22,24,27-31,35,38-48H2,1-14H3,(H2,80,85)(H,82,99)(H,83,114)(H,84,115)(H,112,113)/t49-,50+/m0/s1. The highest BCUT2D eigenvalue weighted by Crippen LogP contribution is 2.32. The van der Waals surface area contributed by atoms with Gasteiger partial charge in [0.05, 0.1) is 88.8 Å². The van der Waals surface area contributed by atoms with Crippen molar-refractivity contribution in [2.45, 2.75) is 97.7 Å². The fourth-order valence-corrected chi connectivity index (χ4v) is 12.2. The van der Waals surface area contributed by atoms with Crippen LogP contribution in [-0.4, -0.2) is 355 Å². The number of likely N-dealkylation sites (N-methyl/N-ethyl adjacent to an activating group) is 10. The van der Waals surface area contributed by atoms with Gasteiger partial charge in [-0.05, 0) is 81.0 Å². The van der Waals surface area contributed by atoms with Crippen LogP contribution < -0.4 is 31.3 Å². The van der Waals surface area contributed by atoms with E-state index in [1.165, 1.54) is 103 Å². The second-order valence-electron chi connectivity index (χ2n) is 29.3. The molecule has 17 amide bonds. The van der Waals surface area contributed by atoms with Crippen LogP contribution in [0.25, 0.3) is 6.08 Å². The average molecular weight is 1640 g/mol. The molecule has 0 spiro atoms. The van der Waals surface area contributed by atoms with E-state index < -0.39 is 178 Å². The predicted octanol–water partition coefficient (Wildman–Crippen LogP) is -1.46. The van der Waals surface area contributed by atoms with Gasteiger partial charge in [-0.15, -0.1) is 0 Å². The number of rotatable bonds is 40. The Hall–Kier alpha value is -13.0. The molecule has 1 aromatic heterocycles. The van der Waals surface area contributed by atoms with Crippen LogP contribution in [0.2, 0.25) is 0 Å². The van der Waals surface area contributed by atoms with E-state index in [4.69, 9.17) is 15.6 Å². The number of amidine groups is 1. The largest absolute Gasteiger partial charge is 0.493 e. The van der Waals surface area contributed by atoms with Gasteiger partial charge in [0.15, 0.2) is 0 Å². The Morgan fingerprint density at radius 3 is 1.50 bits per heavy atom. The summed E-state index contributed by atoms with van der Waals surface area (Å²) in [6.45, 7) is 3.55. The van der Waals surface area contributed by atoms with Gasteiger partial charge in [-0.1, -0.05) is 26.0 Å². The van der Waals surface area contributed by atoms with Crippen molar-refractivity contribution in [3.63, 3.8) is 0 Å². The molecule has 118 heavy (non-hydrogen) atoms. The van der Waals surface area contributed by atoms with Crippen molar-refractivity contribution < 1.29 is 96.1 Å². The number of nitrogens with two attached hydrogens (primary N) is 1. The molecule has 3 aliphatic heterocycles. The Kier molecular flexibility index (Phi) is 34.7. The van der Waals surface area contributed by atoms with Crippen LogP contribution in [0.5, 0.6) is 5.75 Å². The molecule has 0 unspecified atom stereocenters. The Labute approximate surface area is 684 Å². The van der Waals surface area contributed by atoms with Crippen molar-refractivity contribution in [2.24, 2.45) is 10.7 Å². The maximum atomic E-state index is 13.9. The van der Waals surface area contributed by atoms with E-state index in [1.54, 1.807) is 46.2 Å². The quantitative estimate of drug-likeness (QED) is 0.0321. The zero-order valence-corrected chi connectivity index (χ0v) is 69.3. The number of carboxylic acid groups (broad SMARTS) is 1. The number of hydrogen-bond donors (Lipinski definition) is 5. The maximum absolute atomic E-state index is 13.9. The number of imide groups is 1. The van der Waals surface area contributed by atoms with Gasteiger partial charge < -0.3 is 90.3 Å². The molecule has 6 N–H and O–H groups in total. The van der Waals surface area contributed by atoms with Crippen LogP contribution in [0.15, 0.2) is 71.4 Å². The molecule has 4 heterocycles. The Morgan fingerprint density at radius 1 is 0.568 bits per heavy atom. The monoisotopic (exact) mass is 1640 g/mol. The first-order valence-corrected chi connectivity index (χ1v) is 38.2. The smallest absolute Gasteiger partial charge is 0.323 e. The van der Waals surface area contributed by atoms with E-state index in [0.29, 0.717) is 59.7 Å². The van der Waals surface area contributed by atoms with E-state index in [-0.39, 0.29) is 74.0 Å². The summed E-state index contributed by atoms with van der Waals surface area (Å²) in [5, 5.41) is 17.1. The molecule has 39 nitrogen and oxygen atoms in total. The van der Waals surface area contributed by atoms with Gasteiger partial charge in [0.25, 0.3) is 17.7 Å². The number of nitrogens with zero attached hydrogens (tertiary/aromatic N) is 15. The molecule has 6 rings (SSSR count). The van der Waals surface area contributed by atoms with Gasteiger partial charge in [0, 0.05) is 163 Å². The van der Waals surface area contributed by atoms with Crippen molar-refractivity contribution in [1.82, 2.24) is 74.4 Å². The van der Waals surface area contributed by atoms with Gasteiger partial charge in [0.2, 0.25) is 82.7 Å². The summed E-state index contributed by atoms with van der Waals surface area (Å²) >= 11 is 0. The molecule has 2 atom stereocenters. The Bertz CT molecular complexity index is 4440. The number of carbonyl (C=O) groups excluding carboxylic acids is 17. The first-order chi connectivity index (χ1) is 55.6. The van der Waals surface area contributed by atoms with Gasteiger partial charge >= 0.3 is 5.97 Å². The molecule has 0 saturated heterocycles. The highest BCUT2D eigenvalue weighted by Gasteiger charge is 2.33. The molecule has 0 radical (unpaired) electrons. The lowest BCUT2D eigenvalue weighted by atomic mass is 10.0. The lowest BCUT2D eigenvalue weighted by Crippen LogP contribution is -2.53. The molecule has 0 fully saturated rings. The first kappa shape index (κ1) is 93.9. The molecule has 0 aliphatic carbocycles. The highest BCUT2D eigenvalue weighted by molar-refractivity contribution is 6.28. The van der Waals surface area contributed by atoms with Crippen molar-refractivity contribution in [3.8, 4) is 5.75 Å². The van der Waals surface area contributed by atoms with Crippen LogP contribution in [0.1, 0.15) is 99.0 Å². The Morgan fingerprint density at radius 2 is 1.03 bits per heavy atom. The normalized spacial score (nSPS) is 13.1. The van der Waals surface area contributed by atoms with Gasteiger partial charge in [-0.3, -0.25) is 91.3 Å². The average Bonchev–Trinajstić information content (AvgIpc) is 1.55. The number of amides is 17. The molecule has 0 bridgehead atoms. The van der Waals surface area contributed by atoms with Crippen LogP contribution >= 0.6 is 0 Å². The summed E-state index contributed by atoms with van der Waals surface area (Å²) in [6, 6.07) is 9.07.